The molecule has 1 heterocycles. The molecule has 102 valence electrons. The minimum Gasteiger partial charge on any atom is -0.313 e. The van der Waals surface area contributed by atoms with Crippen molar-refractivity contribution in [2.45, 2.75) is 39.7 Å². The summed E-state index contributed by atoms with van der Waals surface area (Å²) in [6.45, 7) is 7.76. The van der Waals surface area contributed by atoms with Crippen LogP contribution in [-0.2, 0) is 6.42 Å². The van der Waals surface area contributed by atoms with Crippen LogP contribution in [0.3, 0.4) is 0 Å². The molecule has 1 atom stereocenters. The maximum Gasteiger partial charge on any atom is 0.0890 e. The molecule has 19 heavy (non-hydrogen) atoms. The summed E-state index contributed by atoms with van der Waals surface area (Å²) in [5.41, 5.74) is 3.02. The van der Waals surface area contributed by atoms with Crippen molar-refractivity contribution in [2.24, 2.45) is 5.92 Å². The van der Waals surface area contributed by atoms with Crippen LogP contribution in [0, 0.1) is 5.92 Å². The molecule has 2 rings (SSSR count). The van der Waals surface area contributed by atoms with Crippen molar-refractivity contribution < 1.29 is 0 Å². The van der Waals surface area contributed by atoms with Crippen molar-refractivity contribution >= 4 is 11.0 Å². The van der Waals surface area contributed by atoms with Crippen LogP contribution in [0.25, 0.3) is 11.0 Å². The molecule has 0 fully saturated rings. The monoisotopic (exact) mass is 257 g/mol. The first-order valence-corrected chi connectivity index (χ1v) is 7.14. The van der Waals surface area contributed by atoms with E-state index >= 15 is 0 Å². The summed E-state index contributed by atoms with van der Waals surface area (Å²) in [6, 6.07) is 8.50. The molecule has 0 aliphatic carbocycles. The number of rotatable bonds is 6. The standard InChI is InChI=1S/C16H23N3/c1-4-9-17-16(12(2)3)10-13-11-18-14-7-5-6-8-15(14)19-13/h5-8,11-12,16-17H,4,9-10H2,1-3H3. The highest BCUT2D eigenvalue weighted by atomic mass is 14.9. The molecule has 0 bridgehead atoms. The van der Waals surface area contributed by atoms with Crippen LogP contribution < -0.4 is 5.32 Å². The van der Waals surface area contributed by atoms with E-state index < -0.39 is 0 Å². The summed E-state index contributed by atoms with van der Waals surface area (Å²) in [7, 11) is 0. The Bertz CT molecular complexity index is 522. The lowest BCUT2D eigenvalue weighted by Crippen LogP contribution is -2.36. The minimum absolute atomic E-state index is 0.468. The van der Waals surface area contributed by atoms with Gasteiger partial charge in [0.2, 0.25) is 0 Å². The fraction of sp³-hybridized carbons (Fsp3) is 0.500. The van der Waals surface area contributed by atoms with Gasteiger partial charge in [-0.05, 0) is 31.0 Å². The first kappa shape index (κ1) is 13.9. The molecule has 1 aromatic carbocycles. The Kier molecular flexibility index (Phi) is 4.86. The third kappa shape index (κ3) is 3.74. The summed E-state index contributed by atoms with van der Waals surface area (Å²) in [5, 5.41) is 3.60. The van der Waals surface area contributed by atoms with Gasteiger partial charge in [-0.1, -0.05) is 32.9 Å². The van der Waals surface area contributed by atoms with E-state index in [1.165, 1.54) is 0 Å². The maximum absolute atomic E-state index is 4.70. The van der Waals surface area contributed by atoms with E-state index in [-0.39, 0.29) is 0 Å². The molecule has 0 spiro atoms. The van der Waals surface area contributed by atoms with E-state index in [1.54, 1.807) is 0 Å². The number of benzene rings is 1. The van der Waals surface area contributed by atoms with Crippen molar-refractivity contribution in [3.05, 3.63) is 36.2 Å². The van der Waals surface area contributed by atoms with Gasteiger partial charge < -0.3 is 5.32 Å². The number of aromatic nitrogens is 2. The highest BCUT2D eigenvalue weighted by molar-refractivity contribution is 5.73. The average molecular weight is 257 g/mol. The fourth-order valence-corrected chi connectivity index (χ4v) is 2.19. The predicted octanol–water partition coefficient (Wildman–Crippen LogP) is 3.20. The van der Waals surface area contributed by atoms with Gasteiger partial charge in [-0.3, -0.25) is 4.98 Å². The van der Waals surface area contributed by atoms with Crippen LogP contribution in [0.4, 0.5) is 0 Å². The van der Waals surface area contributed by atoms with Gasteiger partial charge >= 0.3 is 0 Å². The zero-order chi connectivity index (χ0) is 13.7. The number of para-hydroxylation sites is 2. The second-order valence-corrected chi connectivity index (χ2v) is 5.36. The molecule has 3 nitrogen and oxygen atoms in total. The average Bonchev–Trinajstić information content (AvgIpc) is 2.43. The van der Waals surface area contributed by atoms with E-state index in [4.69, 9.17) is 4.98 Å². The van der Waals surface area contributed by atoms with E-state index in [9.17, 15) is 0 Å². The molecule has 3 heteroatoms. The van der Waals surface area contributed by atoms with Crippen LogP contribution in [0.2, 0.25) is 0 Å². The van der Waals surface area contributed by atoms with Gasteiger partial charge in [-0.25, -0.2) is 4.98 Å². The summed E-state index contributed by atoms with van der Waals surface area (Å²) < 4.78 is 0. The van der Waals surface area contributed by atoms with E-state index in [0.29, 0.717) is 12.0 Å². The van der Waals surface area contributed by atoms with Crippen molar-refractivity contribution in [1.29, 1.82) is 0 Å². The molecule has 0 amide bonds. The Morgan fingerprint density at radius 2 is 1.89 bits per heavy atom. The second-order valence-electron chi connectivity index (χ2n) is 5.36. The molecule has 0 aliphatic heterocycles. The highest BCUT2D eigenvalue weighted by Gasteiger charge is 2.14. The number of fused-ring (bicyclic) bond motifs is 1. The van der Waals surface area contributed by atoms with Crippen LogP contribution >= 0.6 is 0 Å². The lowest BCUT2D eigenvalue weighted by atomic mass is 9.99. The van der Waals surface area contributed by atoms with Crippen LogP contribution in [-0.4, -0.2) is 22.6 Å². The summed E-state index contributed by atoms with van der Waals surface area (Å²) >= 11 is 0. The Morgan fingerprint density at radius 1 is 1.16 bits per heavy atom. The minimum atomic E-state index is 0.468. The number of hydrogen-bond acceptors (Lipinski definition) is 3. The van der Waals surface area contributed by atoms with Gasteiger partial charge in [-0.15, -0.1) is 0 Å². The first-order valence-electron chi connectivity index (χ1n) is 7.14. The van der Waals surface area contributed by atoms with Crippen molar-refractivity contribution in [1.82, 2.24) is 15.3 Å². The molecule has 0 saturated carbocycles. The smallest absolute Gasteiger partial charge is 0.0890 e. The van der Waals surface area contributed by atoms with E-state index in [1.807, 2.05) is 30.5 Å². The summed E-state index contributed by atoms with van der Waals surface area (Å²) in [4.78, 5) is 9.19. The first-order chi connectivity index (χ1) is 9.20. The third-order valence-electron chi connectivity index (χ3n) is 3.39. The van der Waals surface area contributed by atoms with Gasteiger partial charge in [0.15, 0.2) is 0 Å². The fourth-order valence-electron chi connectivity index (χ4n) is 2.19. The molecule has 0 radical (unpaired) electrons. The number of nitrogens with zero attached hydrogens (tertiary/aromatic N) is 2. The van der Waals surface area contributed by atoms with Crippen molar-refractivity contribution in [3.63, 3.8) is 0 Å². The quantitative estimate of drug-likeness (QED) is 0.863. The Labute approximate surface area is 115 Å². The van der Waals surface area contributed by atoms with E-state index in [0.717, 1.165) is 36.1 Å². The van der Waals surface area contributed by atoms with E-state index in [2.05, 4.69) is 31.1 Å². The Hall–Kier alpha value is -1.48. The molecule has 0 aliphatic rings. The number of nitrogens with one attached hydrogen (secondary N) is 1. The van der Waals surface area contributed by atoms with Gasteiger partial charge in [0, 0.05) is 18.7 Å². The van der Waals surface area contributed by atoms with Gasteiger partial charge in [0.1, 0.15) is 0 Å². The Balaban J connectivity index is 2.14. The lowest BCUT2D eigenvalue weighted by molar-refractivity contribution is 0.394. The lowest BCUT2D eigenvalue weighted by Gasteiger charge is -2.21. The molecule has 1 aromatic heterocycles. The highest BCUT2D eigenvalue weighted by Crippen LogP contribution is 2.12. The molecule has 0 saturated heterocycles. The van der Waals surface area contributed by atoms with Gasteiger partial charge in [0.25, 0.3) is 0 Å². The predicted molar refractivity (Wildman–Crippen MR) is 80.2 cm³/mol. The maximum atomic E-state index is 4.70. The summed E-state index contributed by atoms with van der Waals surface area (Å²) in [5.74, 6) is 0.597. The number of hydrogen-bond donors (Lipinski definition) is 1. The van der Waals surface area contributed by atoms with Crippen LogP contribution in [0.15, 0.2) is 30.5 Å². The van der Waals surface area contributed by atoms with Crippen molar-refractivity contribution in [2.75, 3.05) is 6.54 Å². The molecule has 2 aromatic rings. The van der Waals surface area contributed by atoms with Gasteiger partial charge in [-0.2, -0.15) is 0 Å². The molecular weight excluding hydrogens is 234 g/mol. The SMILES string of the molecule is CCCNC(Cc1cnc2ccccc2n1)C(C)C. The zero-order valence-corrected chi connectivity index (χ0v) is 12.1. The normalized spacial score (nSPS) is 13.1. The third-order valence-corrected chi connectivity index (χ3v) is 3.39. The van der Waals surface area contributed by atoms with Crippen molar-refractivity contribution in [3.8, 4) is 0 Å². The van der Waals surface area contributed by atoms with Crippen LogP contribution in [0.1, 0.15) is 32.9 Å². The van der Waals surface area contributed by atoms with Gasteiger partial charge in [0.05, 0.1) is 16.7 Å². The summed E-state index contributed by atoms with van der Waals surface area (Å²) in [6.07, 6.45) is 4.01. The Morgan fingerprint density at radius 3 is 2.58 bits per heavy atom. The molecular formula is C16H23N3. The molecule has 1 N–H and O–H groups in total. The largest absolute Gasteiger partial charge is 0.313 e. The topological polar surface area (TPSA) is 37.8 Å². The van der Waals surface area contributed by atoms with Crippen LogP contribution in [0.5, 0.6) is 0 Å². The molecule has 1 unspecified atom stereocenters. The second kappa shape index (κ2) is 6.62. The zero-order valence-electron chi connectivity index (χ0n) is 12.1.